The fourth-order valence-corrected chi connectivity index (χ4v) is 0.751. The number of carboxylic acid groups (broad SMARTS) is 1. The van der Waals surface area contributed by atoms with Gasteiger partial charge in [0.25, 0.3) is 0 Å². The first-order valence-electron chi connectivity index (χ1n) is 3.43. The smallest absolute Gasteiger partial charge is 0.320 e. The molecule has 1 rings (SSSR count). The van der Waals surface area contributed by atoms with Crippen LogP contribution < -0.4 is 5.73 Å². The largest absolute Gasteiger partial charge is 0.480 e. The van der Waals surface area contributed by atoms with Crippen LogP contribution in [-0.2, 0) is 11.2 Å². The van der Waals surface area contributed by atoms with Crippen LogP contribution in [-0.4, -0.2) is 27.1 Å². The topological polar surface area (TPSA) is 89.1 Å². The molecular formula is C7H9N3O2. The molecule has 0 spiro atoms. The quantitative estimate of drug-likeness (QED) is 0.629. The van der Waals surface area contributed by atoms with E-state index in [1.807, 2.05) is 0 Å². The highest BCUT2D eigenvalue weighted by Gasteiger charge is 2.11. The Hall–Kier alpha value is -1.49. The van der Waals surface area contributed by atoms with Crippen molar-refractivity contribution in [3.63, 3.8) is 0 Å². The second-order valence-corrected chi connectivity index (χ2v) is 2.35. The lowest BCUT2D eigenvalue weighted by Crippen LogP contribution is -2.32. The third-order valence-electron chi connectivity index (χ3n) is 1.39. The number of nitrogens with zero attached hydrogens (tertiary/aromatic N) is 2. The van der Waals surface area contributed by atoms with E-state index in [4.69, 9.17) is 10.8 Å². The highest BCUT2D eigenvalue weighted by molar-refractivity contribution is 5.73. The lowest BCUT2D eigenvalue weighted by Gasteiger charge is -2.03. The molecule has 0 bridgehead atoms. The molecule has 0 aromatic carbocycles. The normalized spacial score (nSPS) is 12.4. The zero-order valence-corrected chi connectivity index (χ0v) is 6.34. The molecule has 0 unspecified atom stereocenters. The van der Waals surface area contributed by atoms with Crippen molar-refractivity contribution in [2.75, 3.05) is 0 Å². The van der Waals surface area contributed by atoms with E-state index in [0.29, 0.717) is 5.69 Å². The maximum atomic E-state index is 10.3. The number of aliphatic carboxylic acids is 1. The summed E-state index contributed by atoms with van der Waals surface area (Å²) in [6, 6.07) is 0.753. The van der Waals surface area contributed by atoms with E-state index < -0.39 is 12.0 Å². The number of hydrogen-bond donors (Lipinski definition) is 2. The molecule has 5 nitrogen and oxygen atoms in total. The van der Waals surface area contributed by atoms with Crippen LogP contribution >= 0.6 is 0 Å². The second kappa shape index (κ2) is 3.77. The first kappa shape index (κ1) is 8.61. The Morgan fingerprint density at radius 2 is 2.50 bits per heavy atom. The maximum absolute atomic E-state index is 10.3. The third-order valence-corrected chi connectivity index (χ3v) is 1.39. The molecule has 1 heterocycles. The van der Waals surface area contributed by atoms with E-state index in [-0.39, 0.29) is 6.42 Å². The first-order chi connectivity index (χ1) is 5.70. The van der Waals surface area contributed by atoms with E-state index in [2.05, 4.69) is 9.97 Å². The molecule has 5 heteroatoms. The Labute approximate surface area is 69.3 Å². The minimum Gasteiger partial charge on any atom is -0.480 e. The van der Waals surface area contributed by atoms with Gasteiger partial charge in [0.1, 0.15) is 12.4 Å². The van der Waals surface area contributed by atoms with Crippen molar-refractivity contribution in [2.45, 2.75) is 12.5 Å². The van der Waals surface area contributed by atoms with Crippen LogP contribution in [0.25, 0.3) is 0 Å². The molecule has 1 aromatic rings. The van der Waals surface area contributed by atoms with Gasteiger partial charge in [0.05, 0.1) is 0 Å². The highest BCUT2D eigenvalue weighted by Crippen LogP contribution is 1.95. The molecule has 0 saturated heterocycles. The Morgan fingerprint density at radius 3 is 3.00 bits per heavy atom. The van der Waals surface area contributed by atoms with Crippen LogP contribution in [0.5, 0.6) is 0 Å². The van der Waals surface area contributed by atoms with Gasteiger partial charge >= 0.3 is 5.97 Å². The molecule has 0 aliphatic carbocycles. The second-order valence-electron chi connectivity index (χ2n) is 2.35. The molecular weight excluding hydrogens is 158 g/mol. The maximum Gasteiger partial charge on any atom is 0.320 e. The standard InChI is InChI=1S/C7H9N3O2/c8-6(7(11)12)3-5-1-2-9-4-10-5/h1-2,4,6H,3,8H2,(H,11,12)/t6-/m1/s1. The predicted molar refractivity (Wildman–Crippen MR) is 41.3 cm³/mol. The van der Waals surface area contributed by atoms with Crippen molar-refractivity contribution in [3.05, 3.63) is 24.3 Å². The van der Waals surface area contributed by atoms with Gasteiger partial charge in [-0.05, 0) is 6.07 Å². The Balaban J connectivity index is 2.58. The van der Waals surface area contributed by atoms with Crippen LogP contribution in [0.3, 0.4) is 0 Å². The van der Waals surface area contributed by atoms with Gasteiger partial charge in [0.2, 0.25) is 0 Å². The van der Waals surface area contributed by atoms with Gasteiger partial charge in [-0.15, -0.1) is 0 Å². The fourth-order valence-electron chi connectivity index (χ4n) is 0.751. The van der Waals surface area contributed by atoms with Gasteiger partial charge in [-0.2, -0.15) is 0 Å². The Morgan fingerprint density at radius 1 is 1.75 bits per heavy atom. The van der Waals surface area contributed by atoms with E-state index >= 15 is 0 Å². The molecule has 1 atom stereocenters. The average Bonchev–Trinajstić information content (AvgIpc) is 2.06. The van der Waals surface area contributed by atoms with Crippen molar-refractivity contribution < 1.29 is 9.90 Å². The Kier molecular flexibility index (Phi) is 2.71. The van der Waals surface area contributed by atoms with Gasteiger partial charge in [0, 0.05) is 18.3 Å². The van der Waals surface area contributed by atoms with Gasteiger partial charge in [-0.3, -0.25) is 4.79 Å². The molecule has 1 aromatic heterocycles. The summed E-state index contributed by atoms with van der Waals surface area (Å²) >= 11 is 0. The zero-order valence-electron chi connectivity index (χ0n) is 6.34. The summed E-state index contributed by atoms with van der Waals surface area (Å²) in [6.07, 6.45) is 3.15. The predicted octanol–water partition coefficient (Wildman–Crippen LogP) is -0.569. The van der Waals surface area contributed by atoms with Gasteiger partial charge < -0.3 is 10.8 Å². The molecule has 64 valence electrons. The summed E-state index contributed by atoms with van der Waals surface area (Å²) in [5.41, 5.74) is 5.93. The van der Waals surface area contributed by atoms with Crippen molar-refractivity contribution in [2.24, 2.45) is 5.73 Å². The SMILES string of the molecule is N[C@H](Cc1ccncn1)C(=O)O. The number of nitrogens with two attached hydrogens (primary N) is 1. The third kappa shape index (κ3) is 2.28. The van der Waals surface area contributed by atoms with Gasteiger partial charge in [0.15, 0.2) is 0 Å². The van der Waals surface area contributed by atoms with Crippen molar-refractivity contribution >= 4 is 5.97 Å². The van der Waals surface area contributed by atoms with E-state index in [1.54, 1.807) is 12.3 Å². The number of carboxylic acids is 1. The van der Waals surface area contributed by atoms with E-state index in [1.165, 1.54) is 6.33 Å². The van der Waals surface area contributed by atoms with Crippen molar-refractivity contribution in [1.82, 2.24) is 9.97 Å². The minimum absolute atomic E-state index is 0.234. The van der Waals surface area contributed by atoms with Gasteiger partial charge in [-0.1, -0.05) is 0 Å². The lowest BCUT2D eigenvalue weighted by molar-refractivity contribution is -0.138. The van der Waals surface area contributed by atoms with Crippen LogP contribution in [0, 0.1) is 0 Å². The minimum atomic E-state index is -1.02. The van der Waals surface area contributed by atoms with Crippen LogP contribution in [0.4, 0.5) is 0 Å². The number of rotatable bonds is 3. The molecule has 0 aliphatic rings. The molecule has 12 heavy (non-hydrogen) atoms. The van der Waals surface area contributed by atoms with Crippen molar-refractivity contribution in [1.29, 1.82) is 0 Å². The zero-order chi connectivity index (χ0) is 8.97. The van der Waals surface area contributed by atoms with E-state index in [9.17, 15) is 4.79 Å². The van der Waals surface area contributed by atoms with Gasteiger partial charge in [-0.25, -0.2) is 9.97 Å². The highest BCUT2D eigenvalue weighted by atomic mass is 16.4. The monoisotopic (exact) mass is 167 g/mol. The average molecular weight is 167 g/mol. The summed E-state index contributed by atoms with van der Waals surface area (Å²) in [6.45, 7) is 0. The summed E-state index contributed by atoms with van der Waals surface area (Å²) in [5, 5.41) is 8.47. The number of hydrogen-bond acceptors (Lipinski definition) is 4. The summed E-state index contributed by atoms with van der Waals surface area (Å²) in [7, 11) is 0. The Bertz CT molecular complexity index is 263. The molecule has 0 saturated carbocycles. The first-order valence-corrected chi connectivity index (χ1v) is 3.43. The molecule has 0 aliphatic heterocycles. The van der Waals surface area contributed by atoms with Crippen LogP contribution in [0.2, 0.25) is 0 Å². The van der Waals surface area contributed by atoms with Crippen molar-refractivity contribution in [3.8, 4) is 0 Å². The molecule has 0 amide bonds. The summed E-state index contributed by atoms with van der Waals surface area (Å²) < 4.78 is 0. The number of carbonyl (C=O) groups is 1. The van der Waals surface area contributed by atoms with Crippen LogP contribution in [0.15, 0.2) is 18.6 Å². The lowest BCUT2D eigenvalue weighted by atomic mass is 10.2. The molecule has 3 N–H and O–H groups in total. The van der Waals surface area contributed by atoms with E-state index in [0.717, 1.165) is 0 Å². The number of aromatic nitrogens is 2. The molecule has 0 radical (unpaired) electrons. The molecule has 0 fully saturated rings. The summed E-state index contributed by atoms with van der Waals surface area (Å²) in [5.74, 6) is -1.02. The van der Waals surface area contributed by atoms with Crippen LogP contribution in [0.1, 0.15) is 5.69 Å². The summed E-state index contributed by atoms with van der Waals surface area (Å²) in [4.78, 5) is 17.9. The fraction of sp³-hybridized carbons (Fsp3) is 0.286.